The van der Waals surface area contributed by atoms with Gasteiger partial charge >= 0.3 is 0 Å². The van der Waals surface area contributed by atoms with Gasteiger partial charge in [-0.1, -0.05) is 19.1 Å². The smallest absolute Gasteiger partial charge is 0.0195 e. The van der Waals surface area contributed by atoms with Crippen molar-refractivity contribution in [1.82, 2.24) is 4.90 Å². The van der Waals surface area contributed by atoms with Gasteiger partial charge in [0, 0.05) is 19.1 Å². The maximum Gasteiger partial charge on any atom is 0.0195 e. The van der Waals surface area contributed by atoms with Crippen molar-refractivity contribution in [2.45, 2.75) is 26.3 Å². The van der Waals surface area contributed by atoms with Crippen molar-refractivity contribution in [3.8, 4) is 0 Å². The zero-order chi connectivity index (χ0) is 8.97. The molecule has 0 bridgehead atoms. The molecule has 0 amide bonds. The molecule has 2 heteroatoms. The third-order valence-corrected chi connectivity index (χ3v) is 2.31. The molecule has 0 aromatic heterocycles. The highest BCUT2D eigenvalue weighted by Gasteiger charge is 2.16. The van der Waals surface area contributed by atoms with Crippen LogP contribution in [0.15, 0.2) is 12.2 Å². The summed E-state index contributed by atoms with van der Waals surface area (Å²) < 4.78 is 0. The predicted molar refractivity (Wildman–Crippen MR) is 53.0 cm³/mol. The molecule has 2 nitrogen and oxygen atoms in total. The molecule has 1 heterocycles. The highest BCUT2D eigenvalue weighted by Crippen LogP contribution is 2.14. The van der Waals surface area contributed by atoms with E-state index in [9.17, 15) is 0 Å². The minimum Gasteiger partial charge on any atom is -0.325 e. The van der Waals surface area contributed by atoms with E-state index in [0.29, 0.717) is 0 Å². The molecule has 1 rings (SSSR count). The highest BCUT2D eigenvalue weighted by atomic mass is 15.1. The third kappa shape index (κ3) is 3.37. The molecule has 0 aromatic carbocycles. The average Bonchev–Trinajstić information content (AvgIpc) is 2.35. The minimum atomic E-state index is 0.199. The van der Waals surface area contributed by atoms with Crippen molar-refractivity contribution in [3.05, 3.63) is 12.2 Å². The zero-order valence-electron chi connectivity index (χ0n) is 8.16. The van der Waals surface area contributed by atoms with E-state index < -0.39 is 0 Å². The van der Waals surface area contributed by atoms with Gasteiger partial charge in [-0.15, -0.1) is 0 Å². The molecule has 70 valence electrons. The Morgan fingerprint density at radius 3 is 2.92 bits per heavy atom. The van der Waals surface area contributed by atoms with Gasteiger partial charge in [0.1, 0.15) is 0 Å². The lowest BCUT2D eigenvalue weighted by Gasteiger charge is -2.11. The number of hydrogen-bond acceptors (Lipinski definition) is 2. The Morgan fingerprint density at radius 1 is 1.67 bits per heavy atom. The maximum absolute atomic E-state index is 5.60. The largest absolute Gasteiger partial charge is 0.325 e. The first kappa shape index (κ1) is 9.75. The molecule has 12 heavy (non-hydrogen) atoms. The summed E-state index contributed by atoms with van der Waals surface area (Å²) in [7, 11) is 0. The van der Waals surface area contributed by atoms with E-state index in [1.807, 2.05) is 6.92 Å². The number of nitrogens with two attached hydrogens (primary N) is 1. The topological polar surface area (TPSA) is 29.3 Å². The average molecular weight is 168 g/mol. The Bertz CT molecular complexity index is 152. The molecule has 2 atom stereocenters. The van der Waals surface area contributed by atoms with E-state index in [4.69, 9.17) is 5.73 Å². The zero-order valence-corrected chi connectivity index (χ0v) is 8.16. The van der Waals surface area contributed by atoms with Crippen LogP contribution >= 0.6 is 0 Å². The lowest BCUT2D eigenvalue weighted by Crippen LogP contribution is -2.20. The van der Waals surface area contributed by atoms with Gasteiger partial charge in [0.25, 0.3) is 0 Å². The van der Waals surface area contributed by atoms with Crippen LogP contribution in [-0.4, -0.2) is 30.6 Å². The van der Waals surface area contributed by atoms with Crippen LogP contribution in [0.5, 0.6) is 0 Å². The minimum absolute atomic E-state index is 0.199. The van der Waals surface area contributed by atoms with Crippen molar-refractivity contribution in [2.75, 3.05) is 19.6 Å². The van der Waals surface area contributed by atoms with Crippen molar-refractivity contribution in [2.24, 2.45) is 11.7 Å². The summed E-state index contributed by atoms with van der Waals surface area (Å²) in [6.07, 6.45) is 5.61. The lowest BCUT2D eigenvalue weighted by atomic mass is 10.2. The first-order valence-corrected chi connectivity index (χ1v) is 4.83. The molecule has 1 unspecified atom stereocenters. The van der Waals surface area contributed by atoms with Gasteiger partial charge in [-0.25, -0.2) is 0 Å². The predicted octanol–water partition coefficient (Wildman–Crippen LogP) is 1.23. The second-order valence-corrected chi connectivity index (χ2v) is 3.94. The number of rotatable bonds is 3. The summed E-state index contributed by atoms with van der Waals surface area (Å²) in [5.74, 6) is 0.883. The number of likely N-dealkylation sites (tertiary alicyclic amines) is 1. The molecule has 2 N–H and O–H groups in total. The first-order chi connectivity index (χ1) is 5.68. The van der Waals surface area contributed by atoms with Gasteiger partial charge in [-0.3, -0.25) is 4.90 Å². The first-order valence-electron chi connectivity index (χ1n) is 4.83. The molecule has 1 aliphatic heterocycles. The summed E-state index contributed by atoms with van der Waals surface area (Å²) in [5.41, 5.74) is 5.60. The van der Waals surface area contributed by atoms with E-state index in [0.717, 1.165) is 12.5 Å². The van der Waals surface area contributed by atoms with Gasteiger partial charge in [0.05, 0.1) is 0 Å². The fourth-order valence-electron chi connectivity index (χ4n) is 1.62. The molecule has 0 aliphatic carbocycles. The van der Waals surface area contributed by atoms with Crippen molar-refractivity contribution >= 4 is 0 Å². The van der Waals surface area contributed by atoms with Crippen LogP contribution in [0.1, 0.15) is 20.3 Å². The summed E-state index contributed by atoms with van der Waals surface area (Å²) in [5, 5.41) is 0. The number of nitrogens with zero attached hydrogens (tertiary/aromatic N) is 1. The summed E-state index contributed by atoms with van der Waals surface area (Å²) in [6, 6.07) is 0.199. The SMILES string of the molecule is CC(N)/C=C/CN1CC[C@@H](C)C1. The van der Waals surface area contributed by atoms with Crippen LogP contribution in [0.3, 0.4) is 0 Å². The van der Waals surface area contributed by atoms with Crippen LogP contribution < -0.4 is 5.73 Å². The van der Waals surface area contributed by atoms with E-state index in [1.165, 1.54) is 19.5 Å². The van der Waals surface area contributed by atoms with Crippen molar-refractivity contribution in [1.29, 1.82) is 0 Å². The molecule has 0 radical (unpaired) electrons. The summed E-state index contributed by atoms with van der Waals surface area (Å²) in [4.78, 5) is 2.48. The molecular formula is C10H20N2. The lowest BCUT2D eigenvalue weighted by molar-refractivity contribution is 0.363. The van der Waals surface area contributed by atoms with Crippen LogP contribution in [0.25, 0.3) is 0 Å². The molecular weight excluding hydrogens is 148 g/mol. The maximum atomic E-state index is 5.60. The highest BCUT2D eigenvalue weighted by molar-refractivity contribution is 4.92. The molecule has 1 saturated heterocycles. The van der Waals surface area contributed by atoms with Crippen molar-refractivity contribution in [3.63, 3.8) is 0 Å². The Hall–Kier alpha value is -0.340. The third-order valence-electron chi connectivity index (χ3n) is 2.31. The van der Waals surface area contributed by atoms with Gasteiger partial charge in [-0.05, 0) is 25.8 Å². The molecule has 0 aromatic rings. The Labute approximate surface area is 75.4 Å². The molecule has 1 fully saturated rings. The van der Waals surface area contributed by atoms with Gasteiger partial charge in [-0.2, -0.15) is 0 Å². The van der Waals surface area contributed by atoms with Crippen LogP contribution in [0, 0.1) is 5.92 Å². The molecule has 1 aliphatic rings. The van der Waals surface area contributed by atoms with Gasteiger partial charge in [0.2, 0.25) is 0 Å². The molecule has 0 spiro atoms. The van der Waals surface area contributed by atoms with Gasteiger partial charge < -0.3 is 5.73 Å². The van der Waals surface area contributed by atoms with E-state index in [2.05, 4.69) is 24.0 Å². The Morgan fingerprint density at radius 2 is 2.42 bits per heavy atom. The summed E-state index contributed by atoms with van der Waals surface area (Å²) >= 11 is 0. The standard InChI is InChI=1S/C10H20N2/c1-9-5-7-12(8-9)6-3-4-10(2)11/h3-4,9-10H,5-8,11H2,1-2H3/b4-3+/t9-,10?/m1/s1. The fraction of sp³-hybridized carbons (Fsp3) is 0.800. The Balaban J connectivity index is 2.15. The van der Waals surface area contributed by atoms with E-state index in [-0.39, 0.29) is 6.04 Å². The second kappa shape index (κ2) is 4.63. The quantitative estimate of drug-likeness (QED) is 0.642. The monoisotopic (exact) mass is 168 g/mol. The Kier molecular flexibility index (Phi) is 3.76. The second-order valence-electron chi connectivity index (χ2n) is 3.94. The van der Waals surface area contributed by atoms with Crippen LogP contribution in [-0.2, 0) is 0 Å². The van der Waals surface area contributed by atoms with E-state index in [1.54, 1.807) is 0 Å². The van der Waals surface area contributed by atoms with Crippen LogP contribution in [0.4, 0.5) is 0 Å². The van der Waals surface area contributed by atoms with Crippen molar-refractivity contribution < 1.29 is 0 Å². The molecule has 0 saturated carbocycles. The fourth-order valence-corrected chi connectivity index (χ4v) is 1.62. The normalized spacial score (nSPS) is 28.4. The van der Waals surface area contributed by atoms with Crippen LogP contribution in [0.2, 0.25) is 0 Å². The van der Waals surface area contributed by atoms with E-state index >= 15 is 0 Å². The van der Waals surface area contributed by atoms with Gasteiger partial charge in [0.15, 0.2) is 0 Å². The summed E-state index contributed by atoms with van der Waals surface area (Å²) in [6.45, 7) is 7.90. The number of hydrogen-bond donors (Lipinski definition) is 1.